The summed E-state index contributed by atoms with van der Waals surface area (Å²) in [5, 5.41) is 1.44. The van der Waals surface area contributed by atoms with Gasteiger partial charge in [0.15, 0.2) is 0 Å². The number of hydrogen-bond donors (Lipinski definition) is 0. The first-order valence-corrected chi connectivity index (χ1v) is 11.3. The van der Waals surface area contributed by atoms with Crippen molar-refractivity contribution >= 4 is 19.2 Å². The van der Waals surface area contributed by atoms with E-state index in [1.165, 1.54) is 24.4 Å². The van der Waals surface area contributed by atoms with Crippen molar-refractivity contribution in [2.75, 3.05) is 6.61 Å². The monoisotopic (exact) mass is 306 g/mol. The van der Waals surface area contributed by atoms with Gasteiger partial charge in [0.05, 0.1) is 14.7 Å². The average Bonchev–Trinajstić information content (AvgIpc) is 2.47. The van der Waals surface area contributed by atoms with Gasteiger partial charge in [0, 0.05) is 6.42 Å². The maximum absolute atomic E-state index is 12.0. The zero-order chi connectivity index (χ0) is 15.7. The summed E-state index contributed by atoms with van der Waals surface area (Å²) in [5.41, 5.74) is 0.463. The van der Waals surface area contributed by atoms with Gasteiger partial charge < -0.3 is 4.74 Å². The number of unbranched alkanes of at least 4 members (excludes halogenated alkanes) is 2. The van der Waals surface area contributed by atoms with Crippen molar-refractivity contribution in [3.05, 3.63) is 30.3 Å². The number of rotatable bonds is 9. The lowest BCUT2D eigenvalue weighted by molar-refractivity contribution is -0.143. The summed E-state index contributed by atoms with van der Waals surface area (Å²) < 4.78 is 5.19. The zero-order valence-corrected chi connectivity index (χ0v) is 15.0. The van der Waals surface area contributed by atoms with E-state index in [0.29, 0.717) is 18.6 Å². The van der Waals surface area contributed by atoms with E-state index in [-0.39, 0.29) is 5.97 Å². The highest BCUT2D eigenvalue weighted by molar-refractivity contribution is 6.91. The van der Waals surface area contributed by atoms with Crippen LogP contribution in [0.3, 0.4) is 0 Å². The Morgan fingerprint density at radius 1 is 1.14 bits per heavy atom. The molecule has 0 saturated carbocycles. The molecule has 0 amide bonds. The van der Waals surface area contributed by atoms with Crippen LogP contribution in [-0.2, 0) is 9.53 Å². The second-order valence-electron chi connectivity index (χ2n) is 6.29. The average molecular weight is 307 g/mol. The van der Waals surface area contributed by atoms with E-state index < -0.39 is 8.07 Å². The summed E-state index contributed by atoms with van der Waals surface area (Å²) in [7, 11) is -1.65. The van der Waals surface area contributed by atoms with Gasteiger partial charge in [-0.3, -0.25) is 4.79 Å². The largest absolute Gasteiger partial charge is 0.466 e. The molecule has 0 saturated heterocycles. The lowest BCUT2D eigenvalue weighted by Gasteiger charge is -2.32. The summed E-state index contributed by atoms with van der Waals surface area (Å²) >= 11 is 0. The predicted molar refractivity (Wildman–Crippen MR) is 92.7 cm³/mol. The van der Waals surface area contributed by atoms with Crippen molar-refractivity contribution in [1.82, 2.24) is 0 Å². The summed E-state index contributed by atoms with van der Waals surface area (Å²) in [6.45, 7) is 9.36. The second kappa shape index (κ2) is 9.03. The third kappa shape index (κ3) is 5.66. The van der Waals surface area contributed by atoms with Crippen molar-refractivity contribution < 1.29 is 9.53 Å². The fourth-order valence-electron chi connectivity index (χ4n) is 2.88. The van der Waals surface area contributed by atoms with Crippen LogP contribution in [0.4, 0.5) is 0 Å². The highest BCUT2D eigenvalue weighted by Gasteiger charge is 2.34. The van der Waals surface area contributed by atoms with Crippen molar-refractivity contribution in [3.8, 4) is 0 Å². The molecule has 0 bridgehead atoms. The minimum Gasteiger partial charge on any atom is -0.466 e. The van der Waals surface area contributed by atoms with Gasteiger partial charge in [0.2, 0.25) is 0 Å². The topological polar surface area (TPSA) is 26.3 Å². The van der Waals surface area contributed by atoms with Gasteiger partial charge in [-0.15, -0.1) is 0 Å². The third-order valence-corrected chi connectivity index (χ3v) is 8.77. The molecule has 0 fully saturated rings. The first-order valence-electron chi connectivity index (χ1n) is 8.23. The van der Waals surface area contributed by atoms with Crippen LogP contribution in [0.5, 0.6) is 0 Å². The molecule has 0 aliphatic carbocycles. The summed E-state index contributed by atoms with van der Waals surface area (Å²) in [5.74, 6) is -0.0319. The van der Waals surface area contributed by atoms with E-state index in [4.69, 9.17) is 4.74 Å². The van der Waals surface area contributed by atoms with Gasteiger partial charge in [-0.05, 0) is 12.5 Å². The number of hydrogen-bond acceptors (Lipinski definition) is 2. The van der Waals surface area contributed by atoms with Crippen LogP contribution >= 0.6 is 0 Å². The van der Waals surface area contributed by atoms with Gasteiger partial charge in [-0.2, -0.15) is 0 Å². The number of carbonyl (C=O) groups is 1. The van der Waals surface area contributed by atoms with Gasteiger partial charge >= 0.3 is 5.97 Å². The van der Waals surface area contributed by atoms with Crippen molar-refractivity contribution in [2.24, 2.45) is 0 Å². The molecule has 118 valence electrons. The molecule has 1 aromatic rings. The SMILES string of the molecule is CCCCC[C@@H](CC(=O)OCC)[Si](C)(C)c1ccccc1. The van der Waals surface area contributed by atoms with Crippen LogP contribution in [0.25, 0.3) is 0 Å². The summed E-state index contributed by atoms with van der Waals surface area (Å²) in [4.78, 5) is 12.0. The Balaban J connectivity index is 2.84. The van der Waals surface area contributed by atoms with E-state index in [0.717, 1.165) is 6.42 Å². The zero-order valence-electron chi connectivity index (χ0n) is 14.0. The molecule has 0 aromatic heterocycles. The summed E-state index contributed by atoms with van der Waals surface area (Å²) in [6, 6.07) is 10.7. The molecule has 0 N–H and O–H groups in total. The second-order valence-corrected chi connectivity index (χ2v) is 11.1. The molecule has 0 radical (unpaired) electrons. The van der Waals surface area contributed by atoms with Crippen LogP contribution < -0.4 is 5.19 Å². The Hall–Kier alpha value is -1.09. The van der Waals surface area contributed by atoms with E-state index in [2.05, 4.69) is 50.3 Å². The third-order valence-electron chi connectivity index (χ3n) is 4.41. The first-order chi connectivity index (χ1) is 10.0. The van der Waals surface area contributed by atoms with E-state index >= 15 is 0 Å². The highest BCUT2D eigenvalue weighted by Crippen LogP contribution is 2.31. The molecule has 1 atom stereocenters. The molecule has 0 heterocycles. The smallest absolute Gasteiger partial charge is 0.305 e. The van der Waals surface area contributed by atoms with E-state index in [9.17, 15) is 4.79 Å². The Morgan fingerprint density at radius 2 is 1.81 bits per heavy atom. The predicted octanol–water partition coefficient (Wildman–Crippen LogP) is 4.51. The van der Waals surface area contributed by atoms with E-state index in [1.54, 1.807) is 0 Å². The molecule has 2 nitrogen and oxygen atoms in total. The van der Waals surface area contributed by atoms with Crippen LogP contribution in [0.1, 0.15) is 46.0 Å². The van der Waals surface area contributed by atoms with Crippen LogP contribution in [-0.4, -0.2) is 20.7 Å². The summed E-state index contributed by atoms with van der Waals surface area (Å²) in [6.07, 6.45) is 5.40. The molecule has 0 aliphatic heterocycles. The van der Waals surface area contributed by atoms with Crippen LogP contribution in [0, 0.1) is 0 Å². The molecule has 0 unspecified atom stereocenters. The molecule has 3 heteroatoms. The highest BCUT2D eigenvalue weighted by atomic mass is 28.3. The van der Waals surface area contributed by atoms with E-state index in [1.807, 2.05) is 6.92 Å². The molecular formula is C18H30O2Si. The molecule has 1 aromatic carbocycles. The number of ether oxygens (including phenoxy) is 1. The minimum absolute atomic E-state index is 0.0319. The van der Waals surface area contributed by atoms with Gasteiger partial charge in [0.25, 0.3) is 0 Å². The minimum atomic E-state index is -1.65. The molecule has 0 aliphatic rings. The Kier molecular flexibility index (Phi) is 7.72. The van der Waals surface area contributed by atoms with Crippen LogP contribution in [0.2, 0.25) is 18.6 Å². The molecule has 21 heavy (non-hydrogen) atoms. The quantitative estimate of drug-likeness (QED) is 0.381. The number of benzene rings is 1. The lowest BCUT2D eigenvalue weighted by atomic mass is 10.1. The van der Waals surface area contributed by atoms with Gasteiger partial charge in [-0.1, -0.05) is 81.2 Å². The first kappa shape index (κ1) is 18.0. The fourth-order valence-corrected chi connectivity index (χ4v) is 6.01. The van der Waals surface area contributed by atoms with Crippen LogP contribution in [0.15, 0.2) is 30.3 Å². The number of esters is 1. The Bertz CT molecular complexity index is 414. The standard InChI is InChI=1S/C18H30O2Si/c1-5-7-9-14-17(15-18(19)20-6-2)21(3,4)16-12-10-8-11-13-16/h8,10-13,17H,5-7,9,14-15H2,1-4H3/t17-/m0/s1. The maximum atomic E-state index is 12.0. The lowest BCUT2D eigenvalue weighted by Crippen LogP contribution is -2.46. The normalized spacial score (nSPS) is 13.0. The van der Waals surface area contributed by atoms with Gasteiger partial charge in [0.1, 0.15) is 0 Å². The molecular weight excluding hydrogens is 276 g/mol. The molecule has 0 spiro atoms. The van der Waals surface area contributed by atoms with Crippen molar-refractivity contribution in [3.63, 3.8) is 0 Å². The van der Waals surface area contributed by atoms with Gasteiger partial charge in [-0.25, -0.2) is 0 Å². The fraction of sp³-hybridized carbons (Fsp3) is 0.611. The molecule has 1 rings (SSSR count). The maximum Gasteiger partial charge on any atom is 0.305 e. The Labute approximate surface area is 130 Å². The Morgan fingerprint density at radius 3 is 2.38 bits per heavy atom. The van der Waals surface area contributed by atoms with Crippen molar-refractivity contribution in [2.45, 2.75) is 64.6 Å². The number of carbonyl (C=O) groups excluding carboxylic acids is 1. The van der Waals surface area contributed by atoms with Crippen molar-refractivity contribution in [1.29, 1.82) is 0 Å².